The molecule has 2 atom stereocenters. The summed E-state index contributed by atoms with van der Waals surface area (Å²) >= 11 is 0. The van der Waals surface area contributed by atoms with Gasteiger partial charge in [-0.3, -0.25) is 0 Å². The summed E-state index contributed by atoms with van der Waals surface area (Å²) in [5.74, 6) is 0.223. The second-order valence-corrected chi connectivity index (χ2v) is 4.68. The van der Waals surface area contributed by atoms with Crippen molar-refractivity contribution < 1.29 is 5.11 Å². The third kappa shape index (κ3) is 1.29. The highest BCUT2D eigenvalue weighted by molar-refractivity contribution is 5.54. The summed E-state index contributed by atoms with van der Waals surface area (Å²) in [5, 5.41) is 11.0. The van der Waals surface area contributed by atoms with E-state index >= 15 is 0 Å². The number of benzene rings is 2. The molecule has 17 heavy (non-hydrogen) atoms. The van der Waals surface area contributed by atoms with Crippen LogP contribution in [0.5, 0.6) is 0 Å². The molecular formula is C16H16O. The van der Waals surface area contributed by atoms with E-state index in [2.05, 4.69) is 13.0 Å². The Labute approximate surface area is 102 Å². The maximum absolute atomic E-state index is 11.0. The average Bonchev–Trinajstić information content (AvgIpc) is 2.39. The van der Waals surface area contributed by atoms with Crippen molar-refractivity contribution in [3.63, 3.8) is 0 Å². The van der Waals surface area contributed by atoms with Gasteiger partial charge in [-0.05, 0) is 23.1 Å². The molecule has 0 aromatic heterocycles. The van der Waals surface area contributed by atoms with Crippen molar-refractivity contribution in [3.05, 3.63) is 71.3 Å². The Morgan fingerprint density at radius 1 is 1.00 bits per heavy atom. The van der Waals surface area contributed by atoms with Gasteiger partial charge in [-0.2, -0.15) is 0 Å². The van der Waals surface area contributed by atoms with Crippen LogP contribution >= 0.6 is 0 Å². The Morgan fingerprint density at radius 2 is 1.65 bits per heavy atom. The van der Waals surface area contributed by atoms with E-state index in [-0.39, 0.29) is 5.92 Å². The lowest BCUT2D eigenvalue weighted by Crippen LogP contribution is -2.44. The summed E-state index contributed by atoms with van der Waals surface area (Å²) in [6.07, 6.45) is 0.961. The average molecular weight is 224 g/mol. The molecular weight excluding hydrogens is 208 g/mol. The number of fused-ring (bicyclic) bond motifs is 1. The molecule has 86 valence electrons. The van der Waals surface area contributed by atoms with Crippen molar-refractivity contribution in [1.82, 2.24) is 0 Å². The second kappa shape index (κ2) is 3.71. The van der Waals surface area contributed by atoms with Crippen molar-refractivity contribution in [3.8, 4) is 0 Å². The smallest absolute Gasteiger partial charge is 0.122 e. The summed E-state index contributed by atoms with van der Waals surface area (Å²) in [5.41, 5.74) is 2.58. The first-order valence-electron chi connectivity index (χ1n) is 6.15. The van der Waals surface area contributed by atoms with Gasteiger partial charge in [0, 0.05) is 5.92 Å². The van der Waals surface area contributed by atoms with Gasteiger partial charge in [0.1, 0.15) is 5.60 Å². The van der Waals surface area contributed by atoms with E-state index < -0.39 is 5.60 Å². The number of aliphatic hydroxyl groups is 1. The van der Waals surface area contributed by atoms with Crippen molar-refractivity contribution in [2.75, 3.05) is 0 Å². The van der Waals surface area contributed by atoms with Crippen LogP contribution in [0.25, 0.3) is 0 Å². The molecule has 1 aliphatic rings. The van der Waals surface area contributed by atoms with E-state index in [1.807, 2.05) is 48.5 Å². The third-order valence-corrected chi connectivity index (χ3v) is 3.87. The van der Waals surface area contributed by atoms with Gasteiger partial charge in [0.25, 0.3) is 0 Å². The molecule has 0 bridgehead atoms. The molecule has 1 aliphatic carbocycles. The van der Waals surface area contributed by atoms with Crippen LogP contribution in [-0.2, 0) is 5.60 Å². The molecule has 0 amide bonds. The summed E-state index contributed by atoms with van der Waals surface area (Å²) in [6.45, 7) is 2.13. The van der Waals surface area contributed by atoms with Crippen molar-refractivity contribution in [2.45, 2.75) is 24.9 Å². The van der Waals surface area contributed by atoms with Crippen LogP contribution in [0.1, 0.15) is 36.0 Å². The Hall–Kier alpha value is -1.60. The minimum absolute atomic E-state index is 0.223. The first-order valence-corrected chi connectivity index (χ1v) is 6.15. The van der Waals surface area contributed by atoms with Gasteiger partial charge in [-0.1, -0.05) is 61.5 Å². The lowest BCUT2D eigenvalue weighted by atomic mass is 9.60. The molecule has 1 N–H and O–H groups in total. The molecule has 2 aromatic carbocycles. The summed E-state index contributed by atoms with van der Waals surface area (Å²) < 4.78 is 0. The van der Waals surface area contributed by atoms with Gasteiger partial charge in [0.2, 0.25) is 0 Å². The van der Waals surface area contributed by atoms with Gasteiger partial charge in [-0.15, -0.1) is 0 Å². The molecule has 1 nitrogen and oxygen atoms in total. The molecule has 0 heterocycles. The van der Waals surface area contributed by atoms with Crippen LogP contribution in [0.3, 0.4) is 0 Å². The zero-order valence-corrected chi connectivity index (χ0v) is 9.93. The van der Waals surface area contributed by atoms with Gasteiger partial charge in [-0.25, -0.2) is 0 Å². The summed E-state index contributed by atoms with van der Waals surface area (Å²) in [6, 6.07) is 18.2. The first kappa shape index (κ1) is 10.5. The number of hydrogen-bond donors (Lipinski definition) is 1. The van der Waals surface area contributed by atoms with Crippen LogP contribution in [-0.4, -0.2) is 5.11 Å². The molecule has 0 aliphatic heterocycles. The molecule has 0 spiro atoms. The topological polar surface area (TPSA) is 20.2 Å². The predicted molar refractivity (Wildman–Crippen MR) is 68.9 cm³/mol. The zero-order valence-electron chi connectivity index (χ0n) is 9.93. The Balaban J connectivity index is 2.16. The largest absolute Gasteiger partial charge is 0.380 e. The fourth-order valence-electron chi connectivity index (χ4n) is 3.05. The molecule has 0 saturated carbocycles. The van der Waals surface area contributed by atoms with E-state index in [9.17, 15) is 5.11 Å². The summed E-state index contributed by atoms with van der Waals surface area (Å²) in [4.78, 5) is 0. The lowest BCUT2D eigenvalue weighted by molar-refractivity contribution is 0.0191. The maximum Gasteiger partial charge on any atom is 0.122 e. The fourth-order valence-corrected chi connectivity index (χ4v) is 3.05. The Bertz CT molecular complexity index is 532. The standard InChI is InChI=1S/C16H16O/c1-2-14-13-10-6-7-11-15(13)16(14,17)12-8-4-3-5-9-12/h3-11,14,17H,2H2,1H3/t14-,16-/m0/s1. The second-order valence-electron chi connectivity index (χ2n) is 4.68. The van der Waals surface area contributed by atoms with Gasteiger partial charge >= 0.3 is 0 Å². The minimum atomic E-state index is -0.785. The molecule has 0 fully saturated rings. The Morgan fingerprint density at radius 3 is 2.35 bits per heavy atom. The van der Waals surface area contributed by atoms with Crippen LogP contribution < -0.4 is 0 Å². The quantitative estimate of drug-likeness (QED) is 0.828. The fraction of sp³-hybridized carbons (Fsp3) is 0.250. The van der Waals surface area contributed by atoms with Crippen LogP contribution in [0, 0.1) is 0 Å². The highest BCUT2D eigenvalue weighted by atomic mass is 16.3. The number of rotatable bonds is 2. The minimum Gasteiger partial charge on any atom is -0.380 e. The van der Waals surface area contributed by atoms with Crippen LogP contribution in [0.4, 0.5) is 0 Å². The van der Waals surface area contributed by atoms with Gasteiger partial charge < -0.3 is 5.11 Å². The lowest BCUT2D eigenvalue weighted by Gasteiger charge is -2.47. The highest BCUT2D eigenvalue weighted by Gasteiger charge is 2.50. The highest BCUT2D eigenvalue weighted by Crippen LogP contribution is 2.54. The maximum atomic E-state index is 11.0. The molecule has 0 saturated heterocycles. The molecule has 0 radical (unpaired) electrons. The van der Waals surface area contributed by atoms with E-state index in [1.54, 1.807) is 0 Å². The Kier molecular flexibility index (Phi) is 2.30. The van der Waals surface area contributed by atoms with Crippen LogP contribution in [0.2, 0.25) is 0 Å². The van der Waals surface area contributed by atoms with Crippen LogP contribution in [0.15, 0.2) is 54.6 Å². The zero-order chi connectivity index (χ0) is 11.9. The molecule has 1 heteroatoms. The van der Waals surface area contributed by atoms with E-state index in [0.717, 1.165) is 17.5 Å². The first-order chi connectivity index (χ1) is 8.28. The van der Waals surface area contributed by atoms with Gasteiger partial charge in [0.15, 0.2) is 0 Å². The monoisotopic (exact) mass is 224 g/mol. The van der Waals surface area contributed by atoms with Crippen molar-refractivity contribution in [1.29, 1.82) is 0 Å². The van der Waals surface area contributed by atoms with Crippen molar-refractivity contribution in [2.24, 2.45) is 0 Å². The third-order valence-electron chi connectivity index (χ3n) is 3.87. The summed E-state index contributed by atoms with van der Waals surface area (Å²) in [7, 11) is 0. The van der Waals surface area contributed by atoms with Crippen molar-refractivity contribution >= 4 is 0 Å². The van der Waals surface area contributed by atoms with E-state index in [0.29, 0.717) is 0 Å². The van der Waals surface area contributed by atoms with E-state index in [1.165, 1.54) is 5.56 Å². The molecule has 2 aromatic rings. The number of hydrogen-bond acceptors (Lipinski definition) is 1. The predicted octanol–water partition coefficient (Wildman–Crippen LogP) is 3.43. The van der Waals surface area contributed by atoms with Gasteiger partial charge in [0.05, 0.1) is 0 Å². The SMILES string of the molecule is CC[C@H]1c2ccccc2[C@]1(O)c1ccccc1. The normalized spacial score (nSPS) is 26.1. The molecule has 0 unspecified atom stereocenters. The van der Waals surface area contributed by atoms with E-state index in [4.69, 9.17) is 0 Å². The molecule has 3 rings (SSSR count).